The Balaban J connectivity index is 1.37. The van der Waals surface area contributed by atoms with E-state index >= 15 is 0 Å². The largest absolute Gasteiger partial charge is 0.382 e. The maximum Gasteiger partial charge on any atom is 0.147 e. The molecule has 4 aliphatic rings. The minimum absolute atomic E-state index is 0.371. The number of methoxy groups -OCH3 is 1. The molecular weight excluding hydrogens is 400 g/mol. The number of ether oxygens (including phenoxy) is 3. The molecule has 4 rings (SSSR count). The first kappa shape index (κ1) is 24.7. The van der Waals surface area contributed by atoms with Gasteiger partial charge in [0, 0.05) is 13.5 Å². The molecule has 0 heterocycles. The molecule has 184 valence electrons. The van der Waals surface area contributed by atoms with Gasteiger partial charge >= 0.3 is 0 Å². The number of hydrogen-bond acceptors (Lipinski definition) is 4. The molecule has 0 aliphatic heterocycles. The van der Waals surface area contributed by atoms with Crippen molar-refractivity contribution in [2.24, 2.45) is 46.3 Å². The Kier molecular flexibility index (Phi) is 8.05. The highest BCUT2D eigenvalue weighted by molar-refractivity contribution is 5.49. The quantitative estimate of drug-likeness (QED) is 0.225. The lowest BCUT2D eigenvalue weighted by Gasteiger charge is -2.61. The van der Waals surface area contributed by atoms with Crippen LogP contribution in [-0.2, 0) is 19.0 Å². The molecule has 0 spiro atoms. The van der Waals surface area contributed by atoms with Gasteiger partial charge in [-0.1, -0.05) is 20.8 Å². The third-order valence-electron chi connectivity index (χ3n) is 10.9. The van der Waals surface area contributed by atoms with Crippen molar-refractivity contribution in [3.05, 3.63) is 0 Å². The van der Waals surface area contributed by atoms with Crippen LogP contribution in [0.1, 0.15) is 91.4 Å². The molecular formula is C28H48O4. The average molecular weight is 449 g/mol. The molecule has 0 radical (unpaired) electrons. The van der Waals surface area contributed by atoms with E-state index < -0.39 is 0 Å². The van der Waals surface area contributed by atoms with Crippen molar-refractivity contribution in [3.63, 3.8) is 0 Å². The molecule has 9 atom stereocenters. The van der Waals surface area contributed by atoms with Crippen LogP contribution in [-0.4, -0.2) is 39.5 Å². The van der Waals surface area contributed by atoms with E-state index in [4.69, 9.17) is 14.2 Å². The van der Waals surface area contributed by atoms with Crippen molar-refractivity contribution in [2.45, 2.75) is 97.5 Å². The minimum atomic E-state index is 0.371. The summed E-state index contributed by atoms with van der Waals surface area (Å²) in [6, 6.07) is 0. The highest BCUT2D eigenvalue weighted by Crippen LogP contribution is 2.68. The highest BCUT2D eigenvalue weighted by Gasteiger charge is 2.60. The van der Waals surface area contributed by atoms with E-state index in [9.17, 15) is 4.79 Å². The van der Waals surface area contributed by atoms with Gasteiger partial charge < -0.3 is 19.0 Å². The van der Waals surface area contributed by atoms with Crippen LogP contribution in [0.5, 0.6) is 0 Å². The lowest BCUT2D eigenvalue weighted by atomic mass is 9.44. The zero-order valence-corrected chi connectivity index (χ0v) is 21.2. The Bertz CT molecular complexity index is 623. The van der Waals surface area contributed by atoms with Crippen LogP contribution in [0.25, 0.3) is 0 Å². The highest BCUT2D eigenvalue weighted by atomic mass is 16.7. The van der Waals surface area contributed by atoms with Crippen LogP contribution in [0.2, 0.25) is 0 Å². The SMILES string of the molecule is COCCOCO[C@@H]1CC[C@@]2(C)[C@H](CC[C@@H]3[C@@H]2CC[C@]2(C)[C@@H]([C@H](C)CCC=O)CC[C@@H]32)C1. The fourth-order valence-electron chi connectivity index (χ4n) is 9.22. The van der Waals surface area contributed by atoms with Gasteiger partial charge in [0.1, 0.15) is 13.1 Å². The maximum atomic E-state index is 10.9. The summed E-state index contributed by atoms with van der Waals surface area (Å²) in [5.41, 5.74) is 1.01. The van der Waals surface area contributed by atoms with Gasteiger partial charge in [0.15, 0.2) is 0 Å². The van der Waals surface area contributed by atoms with Crippen LogP contribution < -0.4 is 0 Å². The second-order valence-corrected chi connectivity index (χ2v) is 12.2. The Morgan fingerprint density at radius 2 is 1.75 bits per heavy atom. The predicted molar refractivity (Wildman–Crippen MR) is 127 cm³/mol. The molecule has 4 saturated carbocycles. The summed E-state index contributed by atoms with van der Waals surface area (Å²) in [6.45, 7) is 9.35. The van der Waals surface area contributed by atoms with E-state index in [0.29, 0.717) is 42.9 Å². The summed E-state index contributed by atoms with van der Waals surface area (Å²) < 4.78 is 16.7. The Labute approximate surface area is 196 Å². The molecule has 32 heavy (non-hydrogen) atoms. The van der Waals surface area contributed by atoms with Gasteiger partial charge in [0.2, 0.25) is 0 Å². The van der Waals surface area contributed by atoms with E-state index in [2.05, 4.69) is 20.8 Å². The molecule has 4 nitrogen and oxygen atoms in total. The normalized spacial score (nSPS) is 44.4. The molecule has 4 heteroatoms. The number of hydrogen-bond donors (Lipinski definition) is 0. The lowest BCUT2D eigenvalue weighted by molar-refractivity contribution is -0.159. The molecule has 0 aromatic rings. The number of fused-ring (bicyclic) bond motifs is 5. The van der Waals surface area contributed by atoms with E-state index in [1.54, 1.807) is 7.11 Å². The van der Waals surface area contributed by atoms with E-state index in [-0.39, 0.29) is 0 Å². The molecule has 0 unspecified atom stereocenters. The summed E-state index contributed by atoms with van der Waals surface area (Å²) in [4.78, 5) is 10.9. The van der Waals surface area contributed by atoms with Gasteiger partial charge in [-0.3, -0.25) is 0 Å². The Morgan fingerprint density at radius 1 is 0.969 bits per heavy atom. The van der Waals surface area contributed by atoms with Crippen molar-refractivity contribution < 1.29 is 19.0 Å². The van der Waals surface area contributed by atoms with Gasteiger partial charge in [-0.2, -0.15) is 0 Å². The van der Waals surface area contributed by atoms with Crippen LogP contribution in [0.4, 0.5) is 0 Å². The van der Waals surface area contributed by atoms with Crippen LogP contribution >= 0.6 is 0 Å². The van der Waals surface area contributed by atoms with Gasteiger partial charge in [-0.05, 0) is 111 Å². The molecule has 0 bridgehead atoms. The van der Waals surface area contributed by atoms with Gasteiger partial charge in [-0.25, -0.2) is 0 Å². The molecule has 4 aliphatic carbocycles. The first-order valence-corrected chi connectivity index (χ1v) is 13.6. The molecule has 0 saturated heterocycles. The van der Waals surface area contributed by atoms with Crippen LogP contribution in [0.15, 0.2) is 0 Å². The number of rotatable bonds is 10. The van der Waals surface area contributed by atoms with Crippen molar-refractivity contribution in [1.29, 1.82) is 0 Å². The van der Waals surface area contributed by atoms with Crippen molar-refractivity contribution in [3.8, 4) is 0 Å². The maximum absolute atomic E-state index is 10.9. The molecule has 0 N–H and O–H groups in total. The van der Waals surface area contributed by atoms with Gasteiger partial charge in [0.25, 0.3) is 0 Å². The molecule has 0 amide bonds. The summed E-state index contributed by atoms with van der Waals surface area (Å²) in [6.07, 6.45) is 15.5. The smallest absolute Gasteiger partial charge is 0.147 e. The lowest BCUT2D eigenvalue weighted by Crippen LogP contribution is -2.54. The predicted octanol–water partition coefficient (Wildman–Crippen LogP) is 6.27. The fourth-order valence-corrected chi connectivity index (χ4v) is 9.22. The fraction of sp³-hybridized carbons (Fsp3) is 0.964. The molecule has 0 aromatic carbocycles. The Morgan fingerprint density at radius 3 is 2.53 bits per heavy atom. The molecule has 0 aromatic heterocycles. The zero-order chi connectivity index (χ0) is 22.8. The minimum Gasteiger partial charge on any atom is -0.382 e. The second-order valence-electron chi connectivity index (χ2n) is 12.2. The van der Waals surface area contributed by atoms with E-state index in [0.717, 1.165) is 48.7 Å². The Hall–Kier alpha value is -0.450. The van der Waals surface area contributed by atoms with Gasteiger partial charge in [0.05, 0.1) is 19.3 Å². The summed E-state index contributed by atoms with van der Waals surface area (Å²) in [7, 11) is 1.70. The first-order valence-electron chi connectivity index (χ1n) is 13.6. The van der Waals surface area contributed by atoms with Crippen molar-refractivity contribution >= 4 is 6.29 Å². The second kappa shape index (κ2) is 10.4. The number of carbonyl (C=O) groups excluding carboxylic acids is 1. The van der Waals surface area contributed by atoms with Gasteiger partial charge in [-0.15, -0.1) is 0 Å². The number of aldehydes is 1. The summed E-state index contributed by atoms with van der Waals surface area (Å²) in [5.74, 6) is 5.06. The number of carbonyl (C=O) groups is 1. The zero-order valence-electron chi connectivity index (χ0n) is 21.2. The standard InChI is InChI=1S/C28H48O4/c1-20(6-5-15-29)24-9-10-25-23-8-7-21-18-22(32-19-31-17-16-30-4)11-13-27(21,2)26(23)12-14-28(24,25)3/h15,20-26H,5-14,16-19H2,1-4H3/t20-,21-,22-,23+,24-,25+,26+,27+,28-/m1/s1. The van der Waals surface area contributed by atoms with Crippen LogP contribution in [0.3, 0.4) is 0 Å². The van der Waals surface area contributed by atoms with E-state index in [1.807, 2.05) is 0 Å². The monoisotopic (exact) mass is 448 g/mol. The summed E-state index contributed by atoms with van der Waals surface area (Å²) in [5, 5.41) is 0. The third-order valence-corrected chi connectivity index (χ3v) is 10.9. The van der Waals surface area contributed by atoms with Crippen molar-refractivity contribution in [2.75, 3.05) is 27.1 Å². The van der Waals surface area contributed by atoms with Crippen molar-refractivity contribution in [1.82, 2.24) is 0 Å². The van der Waals surface area contributed by atoms with Crippen LogP contribution in [0, 0.1) is 46.3 Å². The average Bonchev–Trinajstić information content (AvgIpc) is 3.14. The third kappa shape index (κ3) is 4.58. The first-order chi connectivity index (χ1) is 15.4. The summed E-state index contributed by atoms with van der Waals surface area (Å²) >= 11 is 0. The molecule has 4 fully saturated rings. The topological polar surface area (TPSA) is 44.8 Å². The van der Waals surface area contributed by atoms with E-state index in [1.165, 1.54) is 57.8 Å².